The molecule has 1 aromatic heterocycles. The number of carbonyl (C=O) groups excluding carboxylic acids is 1. The van der Waals surface area contributed by atoms with Crippen molar-refractivity contribution in [1.29, 1.82) is 0 Å². The number of aromatic nitrogens is 3. The number of hydrogen-bond donors (Lipinski definition) is 4. The Labute approximate surface area is 177 Å². The third-order valence-corrected chi connectivity index (χ3v) is 5.71. The first-order valence-corrected chi connectivity index (χ1v) is 9.80. The SMILES string of the molecule is C[C@H](N)C1(O)CN(C(=O)c2cc3n[nH]nc3c(F)c2Nc2ccc(I)cc2F)C1. The number of carbonyl (C=O) groups is 1. The fourth-order valence-corrected chi connectivity index (χ4v) is 3.63. The Hall–Kier alpha value is -2.38. The van der Waals surface area contributed by atoms with E-state index in [1.54, 1.807) is 13.0 Å². The van der Waals surface area contributed by atoms with E-state index in [2.05, 4.69) is 20.7 Å². The van der Waals surface area contributed by atoms with Crippen molar-refractivity contribution in [3.63, 3.8) is 0 Å². The second-order valence-corrected chi connectivity index (χ2v) is 8.35. The summed E-state index contributed by atoms with van der Waals surface area (Å²) in [6, 6.07) is 5.24. The van der Waals surface area contributed by atoms with Gasteiger partial charge in [-0.25, -0.2) is 8.78 Å². The van der Waals surface area contributed by atoms with Gasteiger partial charge in [0, 0.05) is 9.61 Å². The maximum Gasteiger partial charge on any atom is 0.256 e. The van der Waals surface area contributed by atoms with Crippen LogP contribution >= 0.6 is 22.6 Å². The molecule has 8 nitrogen and oxygen atoms in total. The molecule has 1 aliphatic heterocycles. The van der Waals surface area contributed by atoms with Gasteiger partial charge in [-0.2, -0.15) is 15.4 Å². The van der Waals surface area contributed by atoms with Gasteiger partial charge in [0.15, 0.2) is 11.3 Å². The molecule has 0 radical (unpaired) electrons. The second kappa shape index (κ2) is 7.15. The zero-order valence-electron chi connectivity index (χ0n) is 15.2. The summed E-state index contributed by atoms with van der Waals surface area (Å²) in [5.41, 5.74) is 4.39. The Morgan fingerprint density at radius 3 is 2.76 bits per heavy atom. The van der Waals surface area contributed by atoms with Gasteiger partial charge in [0.2, 0.25) is 0 Å². The quantitative estimate of drug-likeness (QED) is 0.396. The maximum absolute atomic E-state index is 15.1. The van der Waals surface area contributed by atoms with Gasteiger partial charge in [-0.15, -0.1) is 0 Å². The average molecular weight is 514 g/mol. The van der Waals surface area contributed by atoms with E-state index in [0.29, 0.717) is 3.57 Å². The number of likely N-dealkylation sites (tertiary alicyclic amines) is 1. The van der Waals surface area contributed by atoms with Crippen molar-refractivity contribution in [3.05, 3.63) is 45.0 Å². The fraction of sp³-hybridized carbons (Fsp3) is 0.278. The first kappa shape index (κ1) is 19.9. The molecule has 1 amide bonds. The van der Waals surface area contributed by atoms with Crippen LogP contribution in [0.2, 0.25) is 0 Å². The zero-order chi connectivity index (χ0) is 20.9. The van der Waals surface area contributed by atoms with Crippen LogP contribution in [0.1, 0.15) is 17.3 Å². The summed E-state index contributed by atoms with van der Waals surface area (Å²) >= 11 is 1.96. The van der Waals surface area contributed by atoms with Crippen molar-refractivity contribution in [2.75, 3.05) is 18.4 Å². The Balaban J connectivity index is 1.75. The number of β-amino-alcohol motifs (C(OH)–C–C–N with tert-alkyl or cyclic N) is 1. The molecule has 4 rings (SSSR count). The van der Waals surface area contributed by atoms with Crippen molar-refractivity contribution in [1.82, 2.24) is 20.3 Å². The van der Waals surface area contributed by atoms with E-state index in [0.717, 1.165) is 0 Å². The lowest BCUT2D eigenvalue weighted by Gasteiger charge is -2.48. The topological polar surface area (TPSA) is 120 Å². The first-order chi connectivity index (χ1) is 13.7. The van der Waals surface area contributed by atoms with Crippen LogP contribution in [-0.2, 0) is 0 Å². The number of nitrogens with one attached hydrogen (secondary N) is 2. The third-order valence-electron chi connectivity index (χ3n) is 5.04. The van der Waals surface area contributed by atoms with Crippen LogP contribution in [0, 0.1) is 15.2 Å². The molecule has 29 heavy (non-hydrogen) atoms. The number of hydrogen-bond acceptors (Lipinski definition) is 6. The highest BCUT2D eigenvalue weighted by Crippen LogP contribution is 2.34. The van der Waals surface area contributed by atoms with E-state index < -0.39 is 29.2 Å². The van der Waals surface area contributed by atoms with Crippen LogP contribution in [0.4, 0.5) is 20.2 Å². The number of amides is 1. The molecular formula is C18H17F2IN6O2. The van der Waals surface area contributed by atoms with E-state index in [1.807, 2.05) is 22.6 Å². The molecule has 0 aliphatic carbocycles. The summed E-state index contributed by atoms with van der Waals surface area (Å²) in [4.78, 5) is 14.4. The number of nitrogens with zero attached hydrogens (tertiary/aromatic N) is 3. The Morgan fingerprint density at radius 1 is 1.38 bits per heavy atom. The molecule has 1 aliphatic rings. The summed E-state index contributed by atoms with van der Waals surface area (Å²) in [6.07, 6.45) is 0. The molecule has 5 N–H and O–H groups in total. The second-order valence-electron chi connectivity index (χ2n) is 7.11. The van der Waals surface area contributed by atoms with Crippen LogP contribution in [0.15, 0.2) is 24.3 Å². The summed E-state index contributed by atoms with van der Waals surface area (Å²) < 4.78 is 30.1. The normalized spacial score (nSPS) is 16.6. The molecule has 0 unspecified atom stereocenters. The summed E-state index contributed by atoms with van der Waals surface area (Å²) in [6.45, 7) is 1.67. The molecule has 1 saturated heterocycles. The maximum atomic E-state index is 15.1. The van der Waals surface area contributed by atoms with Crippen molar-refractivity contribution in [2.45, 2.75) is 18.6 Å². The molecule has 0 bridgehead atoms. The van der Waals surface area contributed by atoms with Crippen LogP contribution in [0.25, 0.3) is 11.0 Å². The third kappa shape index (κ3) is 3.42. The number of benzene rings is 2. The molecule has 0 spiro atoms. The number of rotatable bonds is 4. The van der Waals surface area contributed by atoms with Crippen molar-refractivity contribution >= 4 is 50.9 Å². The Morgan fingerprint density at radius 2 is 2.10 bits per heavy atom. The molecule has 152 valence electrons. The van der Waals surface area contributed by atoms with Gasteiger partial charge in [0.25, 0.3) is 5.91 Å². The van der Waals surface area contributed by atoms with Crippen LogP contribution in [0.5, 0.6) is 0 Å². The number of H-pyrrole nitrogens is 1. The number of fused-ring (bicyclic) bond motifs is 1. The van der Waals surface area contributed by atoms with Gasteiger partial charge >= 0.3 is 0 Å². The predicted molar refractivity (Wildman–Crippen MR) is 111 cm³/mol. The highest BCUT2D eigenvalue weighted by atomic mass is 127. The lowest BCUT2D eigenvalue weighted by atomic mass is 9.87. The van der Waals surface area contributed by atoms with Gasteiger partial charge in [-0.05, 0) is 53.8 Å². The van der Waals surface area contributed by atoms with Gasteiger partial charge in [-0.3, -0.25) is 4.79 Å². The lowest BCUT2D eigenvalue weighted by Crippen LogP contribution is -2.70. The van der Waals surface area contributed by atoms with E-state index >= 15 is 4.39 Å². The van der Waals surface area contributed by atoms with E-state index in [1.165, 1.54) is 23.1 Å². The molecule has 2 aromatic carbocycles. The minimum atomic E-state index is -1.19. The number of halogens is 3. The minimum Gasteiger partial charge on any atom is -0.385 e. The highest BCUT2D eigenvalue weighted by molar-refractivity contribution is 14.1. The molecule has 3 aromatic rings. The summed E-state index contributed by atoms with van der Waals surface area (Å²) in [7, 11) is 0. The summed E-state index contributed by atoms with van der Waals surface area (Å²) in [5, 5.41) is 22.9. The molecule has 0 saturated carbocycles. The van der Waals surface area contributed by atoms with Crippen LogP contribution in [0.3, 0.4) is 0 Å². The van der Waals surface area contributed by atoms with Crippen molar-refractivity contribution < 1.29 is 18.7 Å². The van der Waals surface area contributed by atoms with Crippen LogP contribution < -0.4 is 11.1 Å². The van der Waals surface area contributed by atoms with Crippen molar-refractivity contribution in [3.8, 4) is 0 Å². The van der Waals surface area contributed by atoms with Gasteiger partial charge < -0.3 is 21.1 Å². The van der Waals surface area contributed by atoms with Gasteiger partial charge in [0.1, 0.15) is 16.9 Å². The number of anilines is 2. The monoisotopic (exact) mass is 514 g/mol. The molecule has 2 heterocycles. The largest absolute Gasteiger partial charge is 0.385 e. The lowest BCUT2D eigenvalue weighted by molar-refractivity contribution is -0.0931. The molecular weight excluding hydrogens is 497 g/mol. The van der Waals surface area contributed by atoms with Gasteiger partial charge in [-0.1, -0.05) is 0 Å². The number of aliphatic hydroxyl groups is 1. The fourth-order valence-electron chi connectivity index (χ4n) is 3.18. The standard InChI is InChI=1S/C18H17F2IN6O2/c1-8(22)18(29)6-27(7-18)17(28)10-5-13-16(25-26-24-13)14(20)15(10)23-12-3-2-9(21)4-11(12)19/h2-5,8,23,29H,6-7,22H2,1H3,(H,24,25,26)/t8-/m0/s1. The van der Waals surface area contributed by atoms with E-state index in [4.69, 9.17) is 5.73 Å². The predicted octanol–water partition coefficient (Wildman–Crippen LogP) is 2.12. The smallest absolute Gasteiger partial charge is 0.256 e. The number of nitrogens with two attached hydrogens (primary N) is 1. The molecule has 1 fully saturated rings. The Bertz CT molecular complexity index is 1110. The Kier molecular flexibility index (Phi) is 4.91. The first-order valence-electron chi connectivity index (χ1n) is 8.72. The highest BCUT2D eigenvalue weighted by Gasteiger charge is 2.47. The molecule has 1 atom stereocenters. The van der Waals surface area contributed by atoms with Gasteiger partial charge in [0.05, 0.1) is 30.0 Å². The average Bonchev–Trinajstić information content (AvgIpc) is 3.11. The van der Waals surface area contributed by atoms with E-state index in [-0.39, 0.29) is 41.1 Å². The molecule has 11 heteroatoms. The van der Waals surface area contributed by atoms with E-state index in [9.17, 15) is 14.3 Å². The number of aromatic amines is 1. The van der Waals surface area contributed by atoms with Crippen molar-refractivity contribution in [2.24, 2.45) is 5.73 Å². The van der Waals surface area contributed by atoms with Crippen LogP contribution in [-0.4, -0.2) is 56.1 Å². The zero-order valence-corrected chi connectivity index (χ0v) is 17.4. The minimum absolute atomic E-state index is 0.0110. The summed E-state index contributed by atoms with van der Waals surface area (Å²) in [5.74, 6) is -1.96.